The highest BCUT2D eigenvalue weighted by Gasteiger charge is 2.20. The number of aliphatic imine (C=N–C) groups is 1. The molecule has 0 saturated heterocycles. The standard InChI is InChI=1S/C19H35N5/c1-6-16(7-2)18(24(4)5)15-23-19(20-8-3)22-14-12-17-11-9-10-13-21-17/h9-11,13,16,18H,6-8,12,14-15H2,1-5H3,(H2,20,22,23). The number of pyridine rings is 1. The molecule has 0 radical (unpaired) electrons. The Balaban J connectivity index is 2.59. The molecule has 24 heavy (non-hydrogen) atoms. The molecule has 0 spiro atoms. The van der Waals surface area contributed by atoms with Crippen molar-refractivity contribution < 1.29 is 0 Å². The molecule has 136 valence electrons. The Labute approximate surface area is 148 Å². The number of likely N-dealkylation sites (N-methyl/N-ethyl adjacent to an activating group) is 1. The lowest BCUT2D eigenvalue weighted by molar-refractivity contribution is 0.206. The number of rotatable bonds is 10. The number of hydrogen-bond acceptors (Lipinski definition) is 3. The van der Waals surface area contributed by atoms with Gasteiger partial charge < -0.3 is 15.5 Å². The molecule has 0 aliphatic rings. The Morgan fingerprint density at radius 3 is 2.46 bits per heavy atom. The van der Waals surface area contributed by atoms with Crippen molar-refractivity contribution in [2.75, 3.05) is 33.7 Å². The van der Waals surface area contributed by atoms with Crippen LogP contribution in [0.15, 0.2) is 29.4 Å². The Kier molecular flexibility index (Phi) is 10.1. The van der Waals surface area contributed by atoms with Gasteiger partial charge in [-0.1, -0.05) is 32.8 Å². The van der Waals surface area contributed by atoms with Crippen molar-refractivity contribution in [3.8, 4) is 0 Å². The fourth-order valence-electron chi connectivity index (χ4n) is 2.95. The van der Waals surface area contributed by atoms with E-state index in [1.807, 2.05) is 18.3 Å². The number of guanidine groups is 1. The Hall–Kier alpha value is -1.62. The van der Waals surface area contributed by atoms with Crippen molar-refractivity contribution in [1.82, 2.24) is 20.5 Å². The van der Waals surface area contributed by atoms with Crippen molar-refractivity contribution in [2.24, 2.45) is 10.9 Å². The first-order valence-electron chi connectivity index (χ1n) is 9.20. The summed E-state index contributed by atoms with van der Waals surface area (Å²) in [6.45, 7) is 9.15. The average molecular weight is 334 g/mol. The number of hydrogen-bond donors (Lipinski definition) is 2. The van der Waals surface area contributed by atoms with E-state index >= 15 is 0 Å². The molecule has 5 heteroatoms. The highest BCUT2D eigenvalue weighted by atomic mass is 15.2. The van der Waals surface area contributed by atoms with Crippen LogP contribution in [0.25, 0.3) is 0 Å². The van der Waals surface area contributed by atoms with E-state index in [0.29, 0.717) is 12.0 Å². The summed E-state index contributed by atoms with van der Waals surface area (Å²) in [6.07, 6.45) is 5.12. The fourth-order valence-corrected chi connectivity index (χ4v) is 2.95. The Morgan fingerprint density at radius 1 is 1.17 bits per heavy atom. The van der Waals surface area contributed by atoms with Crippen LogP contribution in [-0.2, 0) is 6.42 Å². The van der Waals surface area contributed by atoms with Crippen LogP contribution in [0.4, 0.5) is 0 Å². The Bertz CT molecular complexity index is 454. The zero-order chi connectivity index (χ0) is 17.8. The third-order valence-corrected chi connectivity index (χ3v) is 4.44. The normalized spacial score (nSPS) is 13.4. The van der Waals surface area contributed by atoms with Gasteiger partial charge in [0.05, 0.1) is 6.54 Å². The van der Waals surface area contributed by atoms with E-state index in [2.05, 4.69) is 61.5 Å². The predicted octanol–water partition coefficient (Wildman–Crippen LogP) is 2.55. The van der Waals surface area contributed by atoms with E-state index in [0.717, 1.165) is 37.7 Å². The molecular formula is C19H35N5. The monoisotopic (exact) mass is 333 g/mol. The molecule has 0 bridgehead atoms. The summed E-state index contributed by atoms with van der Waals surface area (Å²) >= 11 is 0. The molecule has 1 heterocycles. The van der Waals surface area contributed by atoms with Crippen LogP contribution in [-0.4, -0.2) is 55.6 Å². The van der Waals surface area contributed by atoms with E-state index in [9.17, 15) is 0 Å². The summed E-state index contributed by atoms with van der Waals surface area (Å²) in [6, 6.07) is 6.51. The van der Waals surface area contributed by atoms with E-state index < -0.39 is 0 Å². The molecule has 5 nitrogen and oxygen atoms in total. The van der Waals surface area contributed by atoms with E-state index in [1.165, 1.54) is 12.8 Å². The lowest BCUT2D eigenvalue weighted by Gasteiger charge is -2.30. The maximum absolute atomic E-state index is 4.82. The number of nitrogens with one attached hydrogen (secondary N) is 2. The largest absolute Gasteiger partial charge is 0.357 e. The molecule has 0 aliphatic carbocycles. The maximum atomic E-state index is 4.82. The van der Waals surface area contributed by atoms with Gasteiger partial charge in [0.1, 0.15) is 0 Å². The lowest BCUT2D eigenvalue weighted by Crippen LogP contribution is -2.42. The van der Waals surface area contributed by atoms with Gasteiger partial charge in [0, 0.05) is 37.4 Å². The van der Waals surface area contributed by atoms with Crippen LogP contribution in [0.5, 0.6) is 0 Å². The van der Waals surface area contributed by atoms with Gasteiger partial charge in [0.2, 0.25) is 0 Å². The van der Waals surface area contributed by atoms with Crippen LogP contribution in [0.2, 0.25) is 0 Å². The minimum absolute atomic E-state index is 0.478. The summed E-state index contributed by atoms with van der Waals surface area (Å²) < 4.78 is 0. The zero-order valence-electron chi connectivity index (χ0n) is 16.0. The lowest BCUT2D eigenvalue weighted by atomic mass is 9.93. The van der Waals surface area contributed by atoms with Gasteiger partial charge in [-0.05, 0) is 39.1 Å². The van der Waals surface area contributed by atoms with E-state index in [1.54, 1.807) is 0 Å². The highest BCUT2D eigenvalue weighted by molar-refractivity contribution is 5.79. The summed E-state index contributed by atoms with van der Waals surface area (Å²) in [7, 11) is 4.31. The Morgan fingerprint density at radius 2 is 1.92 bits per heavy atom. The molecule has 2 N–H and O–H groups in total. The first-order chi connectivity index (χ1) is 11.6. The molecule has 0 fully saturated rings. The second-order valence-electron chi connectivity index (χ2n) is 6.33. The molecule has 0 aromatic carbocycles. The fraction of sp³-hybridized carbons (Fsp3) is 0.684. The predicted molar refractivity (Wildman–Crippen MR) is 103 cm³/mol. The third kappa shape index (κ3) is 7.30. The molecule has 1 aromatic heterocycles. The van der Waals surface area contributed by atoms with Crippen molar-refractivity contribution >= 4 is 5.96 Å². The second kappa shape index (κ2) is 11.8. The average Bonchev–Trinajstić information content (AvgIpc) is 2.59. The molecule has 0 amide bonds. The minimum atomic E-state index is 0.478. The van der Waals surface area contributed by atoms with Crippen molar-refractivity contribution in [3.05, 3.63) is 30.1 Å². The van der Waals surface area contributed by atoms with Gasteiger partial charge in [-0.2, -0.15) is 0 Å². The number of aromatic nitrogens is 1. The zero-order valence-corrected chi connectivity index (χ0v) is 16.0. The van der Waals surface area contributed by atoms with Gasteiger partial charge in [-0.25, -0.2) is 0 Å². The summed E-state index contributed by atoms with van der Waals surface area (Å²) in [5.41, 5.74) is 1.10. The van der Waals surface area contributed by atoms with Crippen molar-refractivity contribution in [3.63, 3.8) is 0 Å². The van der Waals surface area contributed by atoms with Crippen LogP contribution >= 0.6 is 0 Å². The van der Waals surface area contributed by atoms with Gasteiger partial charge in [0.25, 0.3) is 0 Å². The molecule has 0 saturated carbocycles. The van der Waals surface area contributed by atoms with Crippen molar-refractivity contribution in [2.45, 2.75) is 46.1 Å². The van der Waals surface area contributed by atoms with Gasteiger partial charge in [-0.3, -0.25) is 9.98 Å². The van der Waals surface area contributed by atoms with E-state index in [-0.39, 0.29) is 0 Å². The SMILES string of the molecule is CCNC(=NCC(C(CC)CC)N(C)C)NCCc1ccccn1. The molecule has 1 atom stereocenters. The maximum Gasteiger partial charge on any atom is 0.191 e. The smallest absolute Gasteiger partial charge is 0.191 e. The quantitative estimate of drug-likeness (QED) is 0.510. The van der Waals surface area contributed by atoms with Gasteiger partial charge in [-0.15, -0.1) is 0 Å². The molecule has 1 aromatic rings. The third-order valence-electron chi connectivity index (χ3n) is 4.44. The molecule has 1 unspecified atom stereocenters. The topological polar surface area (TPSA) is 52.6 Å². The van der Waals surface area contributed by atoms with Crippen LogP contribution in [0, 0.1) is 5.92 Å². The van der Waals surface area contributed by atoms with E-state index in [4.69, 9.17) is 4.99 Å². The van der Waals surface area contributed by atoms with Crippen LogP contribution in [0.3, 0.4) is 0 Å². The number of nitrogens with zero attached hydrogens (tertiary/aromatic N) is 3. The summed E-state index contributed by atoms with van der Waals surface area (Å²) in [4.78, 5) is 11.5. The second-order valence-corrected chi connectivity index (χ2v) is 6.33. The van der Waals surface area contributed by atoms with Crippen LogP contribution in [0.1, 0.15) is 39.3 Å². The first-order valence-corrected chi connectivity index (χ1v) is 9.20. The summed E-state index contributed by atoms with van der Waals surface area (Å²) in [5, 5.41) is 6.76. The minimum Gasteiger partial charge on any atom is -0.357 e. The van der Waals surface area contributed by atoms with Gasteiger partial charge in [0.15, 0.2) is 5.96 Å². The molecular weight excluding hydrogens is 298 g/mol. The molecule has 0 aliphatic heterocycles. The highest BCUT2D eigenvalue weighted by Crippen LogP contribution is 2.17. The summed E-state index contributed by atoms with van der Waals surface area (Å²) in [5.74, 6) is 1.58. The molecule has 1 rings (SSSR count). The van der Waals surface area contributed by atoms with Crippen molar-refractivity contribution in [1.29, 1.82) is 0 Å². The van der Waals surface area contributed by atoms with Gasteiger partial charge >= 0.3 is 0 Å². The first kappa shape index (κ1) is 20.4. The van der Waals surface area contributed by atoms with Crippen LogP contribution < -0.4 is 10.6 Å².